The van der Waals surface area contributed by atoms with E-state index < -0.39 is 23.5 Å². The predicted octanol–water partition coefficient (Wildman–Crippen LogP) is 5.04. The first-order valence-electron chi connectivity index (χ1n) is 9.69. The van der Waals surface area contributed by atoms with Crippen molar-refractivity contribution < 1.29 is 23.5 Å². The number of Topliss-reactive ketones (excluding diaryl/α,β-unsaturated/α-hetero) is 1. The number of aryl methyl sites for hydroxylation is 1. The van der Waals surface area contributed by atoms with E-state index in [0.29, 0.717) is 22.8 Å². The van der Waals surface area contributed by atoms with Gasteiger partial charge in [-0.15, -0.1) is 0 Å². The monoisotopic (exact) mass is 439 g/mol. The third-order valence-corrected chi connectivity index (χ3v) is 5.59. The lowest BCUT2D eigenvalue weighted by Crippen LogP contribution is -2.31. The van der Waals surface area contributed by atoms with Crippen LogP contribution in [0.3, 0.4) is 0 Å². The molecule has 5 nitrogen and oxygen atoms in total. The molecule has 1 fully saturated rings. The summed E-state index contributed by atoms with van der Waals surface area (Å²) in [5, 5.41) is 11.5. The molecule has 158 valence electrons. The molecule has 4 rings (SSSR count). The summed E-state index contributed by atoms with van der Waals surface area (Å²) in [6.45, 7) is 1.79. The van der Waals surface area contributed by atoms with Gasteiger partial charge >= 0.3 is 0 Å². The van der Waals surface area contributed by atoms with Crippen molar-refractivity contribution in [2.75, 3.05) is 6.54 Å². The number of carbonyl (C=O) groups excluding carboxylic acids is 2. The average Bonchev–Trinajstić information content (AvgIpc) is 3.37. The van der Waals surface area contributed by atoms with Crippen molar-refractivity contribution in [3.63, 3.8) is 0 Å². The molecule has 7 heteroatoms. The van der Waals surface area contributed by atoms with Gasteiger partial charge in [-0.25, -0.2) is 4.39 Å². The number of aliphatic hydroxyl groups excluding tert-OH is 1. The number of furan rings is 1. The molecule has 0 radical (unpaired) electrons. The highest BCUT2D eigenvalue weighted by molar-refractivity contribution is 6.46. The van der Waals surface area contributed by atoms with Gasteiger partial charge in [-0.1, -0.05) is 23.7 Å². The number of likely N-dealkylation sites (tertiary alicyclic amines) is 1. The van der Waals surface area contributed by atoms with Gasteiger partial charge < -0.3 is 14.4 Å². The molecule has 0 bridgehead atoms. The van der Waals surface area contributed by atoms with Crippen LogP contribution in [0, 0.1) is 12.7 Å². The number of hydrogen-bond acceptors (Lipinski definition) is 4. The molecule has 0 aliphatic carbocycles. The second kappa shape index (κ2) is 8.40. The van der Waals surface area contributed by atoms with Crippen LogP contribution in [0.1, 0.15) is 28.5 Å². The Bertz CT molecular complexity index is 1170. The SMILES string of the molecule is Cc1cc(/C(O)=C2/C(=O)C(=O)N(CCc3ccc(Cl)cc3)C2c2ccco2)ccc1F. The van der Waals surface area contributed by atoms with Gasteiger partial charge in [0.25, 0.3) is 11.7 Å². The van der Waals surface area contributed by atoms with Crippen molar-refractivity contribution >= 4 is 29.1 Å². The maximum absolute atomic E-state index is 13.7. The molecule has 1 saturated heterocycles. The van der Waals surface area contributed by atoms with Gasteiger partial charge in [-0.05, 0) is 66.9 Å². The van der Waals surface area contributed by atoms with Crippen LogP contribution >= 0.6 is 11.6 Å². The molecule has 1 N–H and O–H groups in total. The Hall–Kier alpha value is -3.38. The lowest BCUT2D eigenvalue weighted by molar-refractivity contribution is -0.140. The standard InChI is InChI=1S/C24H19ClFNO4/c1-14-13-16(6-9-18(14)26)22(28)20-21(19-3-2-12-31-19)27(24(30)23(20)29)11-10-15-4-7-17(25)8-5-15/h2-9,12-13,21,28H,10-11H2,1H3/b22-20-. The Morgan fingerprint density at radius 3 is 2.55 bits per heavy atom. The zero-order valence-electron chi connectivity index (χ0n) is 16.6. The summed E-state index contributed by atoms with van der Waals surface area (Å²) in [7, 11) is 0. The molecule has 1 amide bonds. The number of aliphatic hydroxyl groups is 1. The van der Waals surface area contributed by atoms with Crippen LogP contribution in [-0.2, 0) is 16.0 Å². The minimum atomic E-state index is -0.882. The van der Waals surface area contributed by atoms with Crippen LogP contribution in [0.25, 0.3) is 5.76 Å². The maximum atomic E-state index is 13.7. The topological polar surface area (TPSA) is 70.8 Å². The number of carbonyl (C=O) groups is 2. The summed E-state index contributed by atoms with van der Waals surface area (Å²) in [6, 6.07) is 13.6. The molecule has 1 aliphatic heterocycles. The van der Waals surface area contributed by atoms with Crippen molar-refractivity contribution in [1.82, 2.24) is 4.90 Å². The zero-order valence-corrected chi connectivity index (χ0v) is 17.4. The van der Waals surface area contributed by atoms with E-state index in [2.05, 4.69) is 0 Å². The van der Waals surface area contributed by atoms with Crippen LogP contribution in [0.5, 0.6) is 0 Å². The third-order valence-electron chi connectivity index (χ3n) is 5.34. The molecule has 1 unspecified atom stereocenters. The van der Waals surface area contributed by atoms with Crippen LogP contribution in [0.4, 0.5) is 4.39 Å². The Labute approximate surface area is 183 Å². The summed E-state index contributed by atoms with van der Waals surface area (Å²) in [5.41, 5.74) is 1.43. The molecule has 0 spiro atoms. The number of benzene rings is 2. The lowest BCUT2D eigenvalue weighted by Gasteiger charge is -2.23. The van der Waals surface area contributed by atoms with Crippen molar-refractivity contribution in [3.05, 3.63) is 99.7 Å². The van der Waals surface area contributed by atoms with E-state index in [4.69, 9.17) is 16.0 Å². The van der Waals surface area contributed by atoms with Gasteiger partial charge in [0.05, 0.1) is 11.8 Å². The molecule has 1 aromatic heterocycles. The molecule has 1 atom stereocenters. The quantitative estimate of drug-likeness (QED) is 0.343. The van der Waals surface area contributed by atoms with E-state index in [-0.39, 0.29) is 23.4 Å². The fraction of sp³-hybridized carbons (Fsp3) is 0.167. The van der Waals surface area contributed by atoms with E-state index in [9.17, 15) is 19.1 Å². The molecular formula is C24H19ClFNO4. The molecule has 31 heavy (non-hydrogen) atoms. The zero-order chi connectivity index (χ0) is 22.1. The number of rotatable bonds is 5. The first-order chi connectivity index (χ1) is 14.9. The number of nitrogens with zero attached hydrogens (tertiary/aromatic N) is 1. The van der Waals surface area contributed by atoms with Crippen LogP contribution in [0.2, 0.25) is 5.02 Å². The Morgan fingerprint density at radius 1 is 1.16 bits per heavy atom. The summed E-state index contributed by atoms with van der Waals surface area (Å²) in [4.78, 5) is 27.2. The molecular weight excluding hydrogens is 421 g/mol. The predicted molar refractivity (Wildman–Crippen MR) is 114 cm³/mol. The summed E-state index contributed by atoms with van der Waals surface area (Å²) >= 11 is 5.93. The van der Waals surface area contributed by atoms with Crippen LogP contribution < -0.4 is 0 Å². The van der Waals surface area contributed by atoms with Gasteiger partial charge in [0.2, 0.25) is 0 Å². The van der Waals surface area contributed by atoms with Crippen molar-refractivity contribution in [2.45, 2.75) is 19.4 Å². The van der Waals surface area contributed by atoms with E-state index in [1.165, 1.54) is 29.4 Å². The number of hydrogen-bond donors (Lipinski definition) is 1. The van der Waals surface area contributed by atoms with Crippen LogP contribution in [-0.4, -0.2) is 28.2 Å². The first kappa shape index (κ1) is 20.9. The lowest BCUT2D eigenvalue weighted by atomic mass is 9.98. The largest absolute Gasteiger partial charge is 0.507 e. The normalized spacial score (nSPS) is 18.0. The highest BCUT2D eigenvalue weighted by Gasteiger charge is 2.47. The second-order valence-corrected chi connectivity index (χ2v) is 7.78. The van der Waals surface area contributed by atoms with Crippen molar-refractivity contribution in [2.24, 2.45) is 0 Å². The molecule has 3 aromatic rings. The molecule has 1 aliphatic rings. The van der Waals surface area contributed by atoms with Crippen molar-refractivity contribution in [3.8, 4) is 0 Å². The Morgan fingerprint density at radius 2 is 1.90 bits per heavy atom. The minimum Gasteiger partial charge on any atom is -0.507 e. The van der Waals surface area contributed by atoms with Gasteiger partial charge in [0.15, 0.2) is 0 Å². The highest BCUT2D eigenvalue weighted by atomic mass is 35.5. The smallest absolute Gasteiger partial charge is 0.295 e. The summed E-state index contributed by atoms with van der Waals surface area (Å²) in [6.07, 6.45) is 1.92. The average molecular weight is 440 g/mol. The van der Waals surface area contributed by atoms with Gasteiger partial charge in [0.1, 0.15) is 23.4 Å². The highest BCUT2D eigenvalue weighted by Crippen LogP contribution is 2.39. The number of halogens is 2. The van der Waals surface area contributed by atoms with Crippen LogP contribution in [0.15, 0.2) is 70.9 Å². The molecule has 2 aromatic carbocycles. The van der Waals surface area contributed by atoms with Gasteiger partial charge in [-0.2, -0.15) is 0 Å². The summed E-state index contributed by atoms with van der Waals surface area (Å²) in [5.74, 6) is -1.97. The van der Waals surface area contributed by atoms with Gasteiger partial charge in [0, 0.05) is 17.1 Å². The maximum Gasteiger partial charge on any atom is 0.295 e. The fourth-order valence-corrected chi connectivity index (χ4v) is 3.83. The molecule has 2 heterocycles. The van der Waals surface area contributed by atoms with E-state index in [1.807, 2.05) is 12.1 Å². The van der Waals surface area contributed by atoms with Crippen molar-refractivity contribution in [1.29, 1.82) is 0 Å². The fourth-order valence-electron chi connectivity index (χ4n) is 3.70. The van der Waals surface area contributed by atoms with E-state index in [0.717, 1.165) is 5.56 Å². The Balaban J connectivity index is 1.74. The van der Waals surface area contributed by atoms with Gasteiger partial charge in [-0.3, -0.25) is 9.59 Å². The number of amides is 1. The second-order valence-electron chi connectivity index (χ2n) is 7.35. The minimum absolute atomic E-state index is 0.0814. The van der Waals surface area contributed by atoms with E-state index in [1.54, 1.807) is 31.2 Å². The third kappa shape index (κ3) is 3.99. The first-order valence-corrected chi connectivity index (χ1v) is 10.1. The van der Waals surface area contributed by atoms with E-state index >= 15 is 0 Å². The molecule has 0 saturated carbocycles. The number of ketones is 1. The summed E-state index contributed by atoms with van der Waals surface area (Å²) < 4.78 is 19.2. The Kier molecular flexibility index (Phi) is 5.65.